The smallest absolute Gasteiger partial charge is 0.342 e. The SMILES string of the molecule is O=C(OCCCCCCCCOC(=O)C1CCCO1)c1cc(O)ccc1O. The second-order valence-electron chi connectivity index (χ2n) is 6.63. The van der Waals surface area contributed by atoms with Gasteiger partial charge in [0.15, 0.2) is 6.10 Å². The molecule has 1 aromatic carbocycles. The Bertz CT molecular complexity index is 608. The summed E-state index contributed by atoms with van der Waals surface area (Å²) in [6.45, 7) is 1.35. The topological polar surface area (TPSA) is 102 Å². The number of hydrogen-bond donors (Lipinski definition) is 2. The summed E-state index contributed by atoms with van der Waals surface area (Å²) in [5, 5.41) is 18.9. The quantitative estimate of drug-likeness (QED) is 0.345. The molecule has 0 spiro atoms. The molecule has 0 saturated carbocycles. The molecule has 2 rings (SSSR count). The van der Waals surface area contributed by atoms with Crippen LogP contribution >= 0.6 is 0 Å². The molecular formula is C20H28O7. The molecule has 0 aromatic heterocycles. The van der Waals surface area contributed by atoms with Gasteiger partial charge in [0.2, 0.25) is 0 Å². The van der Waals surface area contributed by atoms with E-state index in [1.807, 2.05) is 0 Å². The first-order chi connectivity index (χ1) is 13.1. The fraction of sp³-hybridized carbons (Fsp3) is 0.600. The van der Waals surface area contributed by atoms with E-state index in [-0.39, 0.29) is 35.7 Å². The molecule has 2 N–H and O–H groups in total. The van der Waals surface area contributed by atoms with E-state index in [9.17, 15) is 19.8 Å². The highest BCUT2D eigenvalue weighted by molar-refractivity contribution is 5.92. The van der Waals surface area contributed by atoms with Crippen LogP contribution in [0.25, 0.3) is 0 Å². The lowest BCUT2D eigenvalue weighted by atomic mass is 10.1. The van der Waals surface area contributed by atoms with Crippen molar-refractivity contribution in [1.82, 2.24) is 0 Å². The minimum absolute atomic E-state index is 0.0347. The number of aromatic hydroxyl groups is 2. The van der Waals surface area contributed by atoms with Gasteiger partial charge in [0, 0.05) is 6.61 Å². The molecule has 1 heterocycles. The van der Waals surface area contributed by atoms with E-state index in [2.05, 4.69) is 0 Å². The van der Waals surface area contributed by atoms with Gasteiger partial charge in [-0.25, -0.2) is 9.59 Å². The standard InChI is InChI=1S/C20H28O7/c21-15-9-10-17(22)16(14-15)19(23)26-11-5-3-1-2-4-6-12-27-20(24)18-8-7-13-25-18/h9-10,14,18,21-22H,1-8,11-13H2. The van der Waals surface area contributed by atoms with Crippen molar-refractivity contribution in [3.63, 3.8) is 0 Å². The maximum Gasteiger partial charge on any atom is 0.342 e. The van der Waals surface area contributed by atoms with Crippen LogP contribution in [-0.4, -0.2) is 48.1 Å². The molecule has 1 aliphatic heterocycles. The van der Waals surface area contributed by atoms with Crippen molar-refractivity contribution in [3.8, 4) is 11.5 Å². The van der Waals surface area contributed by atoms with E-state index in [1.54, 1.807) is 0 Å². The second-order valence-corrected chi connectivity index (χ2v) is 6.63. The first-order valence-electron chi connectivity index (χ1n) is 9.55. The Labute approximate surface area is 159 Å². The van der Waals surface area contributed by atoms with Crippen molar-refractivity contribution in [2.45, 2.75) is 57.5 Å². The summed E-state index contributed by atoms with van der Waals surface area (Å²) >= 11 is 0. The predicted octanol–water partition coefficient (Wildman–Crippen LogP) is 3.32. The molecule has 7 nitrogen and oxygen atoms in total. The monoisotopic (exact) mass is 380 g/mol. The number of ether oxygens (including phenoxy) is 3. The molecule has 27 heavy (non-hydrogen) atoms. The summed E-state index contributed by atoms with van der Waals surface area (Å²) in [5.74, 6) is -1.19. The largest absolute Gasteiger partial charge is 0.508 e. The summed E-state index contributed by atoms with van der Waals surface area (Å²) in [5.41, 5.74) is -0.0347. The van der Waals surface area contributed by atoms with Gasteiger partial charge in [0.25, 0.3) is 0 Å². The van der Waals surface area contributed by atoms with Crippen LogP contribution in [0.2, 0.25) is 0 Å². The minimum Gasteiger partial charge on any atom is -0.508 e. The zero-order chi connectivity index (χ0) is 19.5. The Balaban J connectivity index is 1.44. The predicted molar refractivity (Wildman–Crippen MR) is 97.7 cm³/mol. The van der Waals surface area contributed by atoms with Crippen molar-refractivity contribution >= 4 is 11.9 Å². The number of carbonyl (C=O) groups is 2. The summed E-state index contributed by atoms with van der Waals surface area (Å²) in [6.07, 6.45) is 6.83. The third-order valence-electron chi connectivity index (χ3n) is 4.41. The number of rotatable bonds is 11. The normalized spacial score (nSPS) is 16.2. The summed E-state index contributed by atoms with van der Waals surface area (Å²) in [6, 6.07) is 3.74. The number of phenols is 2. The number of esters is 2. The summed E-state index contributed by atoms with van der Waals surface area (Å²) in [7, 11) is 0. The van der Waals surface area contributed by atoms with Gasteiger partial charge in [0.05, 0.1) is 13.2 Å². The molecule has 1 fully saturated rings. The van der Waals surface area contributed by atoms with E-state index in [1.165, 1.54) is 18.2 Å². The first kappa shape index (κ1) is 21.0. The maximum atomic E-state index is 11.8. The van der Waals surface area contributed by atoms with Crippen LogP contribution in [0.5, 0.6) is 11.5 Å². The maximum absolute atomic E-state index is 11.8. The fourth-order valence-corrected chi connectivity index (χ4v) is 2.87. The highest BCUT2D eigenvalue weighted by atomic mass is 16.6. The van der Waals surface area contributed by atoms with Crippen LogP contribution in [0.3, 0.4) is 0 Å². The van der Waals surface area contributed by atoms with Crippen LogP contribution < -0.4 is 0 Å². The Kier molecular flexibility index (Phi) is 8.91. The van der Waals surface area contributed by atoms with Crippen molar-refractivity contribution < 1.29 is 34.0 Å². The van der Waals surface area contributed by atoms with Crippen molar-refractivity contribution in [3.05, 3.63) is 23.8 Å². The third-order valence-corrected chi connectivity index (χ3v) is 4.41. The molecule has 0 amide bonds. The number of hydrogen-bond acceptors (Lipinski definition) is 7. The molecule has 1 saturated heterocycles. The van der Waals surface area contributed by atoms with Gasteiger partial charge in [-0.2, -0.15) is 0 Å². The molecule has 0 radical (unpaired) electrons. The summed E-state index contributed by atoms with van der Waals surface area (Å²) < 4.78 is 15.6. The lowest BCUT2D eigenvalue weighted by molar-refractivity contribution is -0.154. The Morgan fingerprint density at radius 1 is 1.00 bits per heavy atom. The second kappa shape index (κ2) is 11.4. The number of phenolic OH excluding ortho intramolecular Hbond substituents is 2. The summed E-state index contributed by atoms with van der Waals surface area (Å²) in [4.78, 5) is 23.5. The fourth-order valence-electron chi connectivity index (χ4n) is 2.87. The Hall–Kier alpha value is -2.28. The van der Waals surface area contributed by atoms with Crippen LogP contribution in [-0.2, 0) is 19.0 Å². The molecule has 1 atom stereocenters. The van der Waals surface area contributed by atoms with Crippen molar-refractivity contribution in [2.75, 3.05) is 19.8 Å². The molecule has 150 valence electrons. The molecule has 1 aromatic rings. The van der Waals surface area contributed by atoms with Crippen molar-refractivity contribution in [2.24, 2.45) is 0 Å². The molecule has 0 bridgehead atoms. The molecular weight excluding hydrogens is 352 g/mol. The highest BCUT2D eigenvalue weighted by Crippen LogP contribution is 2.22. The van der Waals surface area contributed by atoms with Crippen molar-refractivity contribution in [1.29, 1.82) is 0 Å². The number of carbonyl (C=O) groups excluding carboxylic acids is 2. The third kappa shape index (κ3) is 7.46. The van der Waals surface area contributed by atoms with Gasteiger partial charge in [-0.1, -0.05) is 25.7 Å². The molecule has 1 unspecified atom stereocenters. The molecule has 7 heteroatoms. The molecule has 0 aliphatic carbocycles. The van der Waals surface area contributed by atoms with Gasteiger partial charge in [-0.15, -0.1) is 0 Å². The number of benzene rings is 1. The van der Waals surface area contributed by atoms with E-state index in [0.717, 1.165) is 51.4 Å². The Morgan fingerprint density at radius 3 is 2.33 bits per heavy atom. The van der Waals surface area contributed by atoms with Crippen LogP contribution in [0, 0.1) is 0 Å². The Morgan fingerprint density at radius 2 is 1.67 bits per heavy atom. The average Bonchev–Trinajstić information content (AvgIpc) is 3.19. The zero-order valence-electron chi connectivity index (χ0n) is 15.5. The van der Waals surface area contributed by atoms with Gasteiger partial charge in [-0.3, -0.25) is 0 Å². The average molecular weight is 380 g/mol. The minimum atomic E-state index is -0.642. The number of unbranched alkanes of at least 4 members (excludes halogenated alkanes) is 5. The van der Waals surface area contributed by atoms with E-state index in [4.69, 9.17) is 14.2 Å². The van der Waals surface area contributed by atoms with Gasteiger partial charge >= 0.3 is 11.9 Å². The zero-order valence-corrected chi connectivity index (χ0v) is 15.5. The van der Waals surface area contributed by atoms with E-state index >= 15 is 0 Å². The lowest BCUT2D eigenvalue weighted by Gasteiger charge is -2.09. The van der Waals surface area contributed by atoms with Crippen LogP contribution in [0.1, 0.15) is 61.7 Å². The van der Waals surface area contributed by atoms with E-state index < -0.39 is 5.97 Å². The first-order valence-corrected chi connectivity index (χ1v) is 9.55. The van der Waals surface area contributed by atoms with E-state index in [0.29, 0.717) is 13.2 Å². The van der Waals surface area contributed by atoms with Gasteiger partial charge in [-0.05, 0) is 43.9 Å². The lowest BCUT2D eigenvalue weighted by Crippen LogP contribution is -2.22. The highest BCUT2D eigenvalue weighted by Gasteiger charge is 2.24. The van der Waals surface area contributed by atoms with Gasteiger partial charge < -0.3 is 24.4 Å². The van der Waals surface area contributed by atoms with Crippen LogP contribution in [0.15, 0.2) is 18.2 Å². The molecule has 1 aliphatic rings. The van der Waals surface area contributed by atoms with Gasteiger partial charge in [0.1, 0.15) is 17.1 Å². The van der Waals surface area contributed by atoms with Crippen LogP contribution in [0.4, 0.5) is 0 Å².